The van der Waals surface area contributed by atoms with Crippen molar-refractivity contribution in [1.82, 2.24) is 4.72 Å². The van der Waals surface area contributed by atoms with Gasteiger partial charge in [-0.3, -0.25) is 0 Å². The van der Waals surface area contributed by atoms with Crippen molar-refractivity contribution in [3.8, 4) is 0 Å². The Labute approximate surface area is 123 Å². The quantitative estimate of drug-likeness (QED) is 0.668. The van der Waals surface area contributed by atoms with E-state index in [-0.39, 0.29) is 11.8 Å². The van der Waals surface area contributed by atoms with Crippen LogP contribution >= 0.6 is 11.6 Å². The number of sulfonamides is 1. The first-order chi connectivity index (χ1) is 9.34. The van der Waals surface area contributed by atoms with E-state index in [4.69, 9.17) is 17.3 Å². The van der Waals surface area contributed by atoms with Gasteiger partial charge in [-0.1, -0.05) is 12.1 Å². The number of hydrogen-bond donors (Lipinski definition) is 3. The van der Waals surface area contributed by atoms with Gasteiger partial charge in [0.2, 0.25) is 10.0 Å². The van der Waals surface area contributed by atoms with E-state index in [0.29, 0.717) is 18.0 Å². The fraction of sp³-hybridized carbons (Fsp3) is 0.417. The van der Waals surface area contributed by atoms with Gasteiger partial charge in [0.25, 0.3) is 0 Å². The summed E-state index contributed by atoms with van der Waals surface area (Å²) >= 11 is 5.48. The number of nitrogens with two attached hydrogens (primary N) is 1. The minimum Gasteiger partial charge on any atom is -0.351 e. The molecular formula is C12H18ClN3O3S. The van der Waals surface area contributed by atoms with Crippen molar-refractivity contribution in [2.45, 2.75) is 19.4 Å². The molecule has 1 unspecified atom stereocenters. The van der Waals surface area contributed by atoms with Crippen molar-refractivity contribution < 1.29 is 13.2 Å². The van der Waals surface area contributed by atoms with Crippen LogP contribution in [0.25, 0.3) is 0 Å². The molecule has 1 aromatic rings. The first-order valence-electron chi connectivity index (χ1n) is 6.06. The molecule has 0 saturated heterocycles. The maximum Gasteiger partial charge on any atom is 0.316 e. The molecule has 0 bridgehead atoms. The third kappa shape index (κ3) is 5.77. The second-order valence-corrected chi connectivity index (χ2v) is 6.56. The highest BCUT2D eigenvalue weighted by atomic mass is 35.5. The molecule has 1 atom stereocenters. The number of alkyl halides is 1. The maximum atomic E-state index is 11.7. The number of carbonyl (C=O) groups is 1. The largest absolute Gasteiger partial charge is 0.351 e. The summed E-state index contributed by atoms with van der Waals surface area (Å²) in [6.45, 7) is 1.74. The molecule has 0 aliphatic carbocycles. The van der Waals surface area contributed by atoms with Gasteiger partial charge in [0.05, 0.1) is 5.75 Å². The molecule has 0 radical (unpaired) electrons. The molecule has 0 spiro atoms. The summed E-state index contributed by atoms with van der Waals surface area (Å²) in [6.07, 6.45) is 0.408. The molecule has 1 aromatic carbocycles. The third-order valence-electron chi connectivity index (χ3n) is 2.58. The second-order valence-electron chi connectivity index (χ2n) is 4.31. The van der Waals surface area contributed by atoms with Crippen LogP contribution in [0.15, 0.2) is 24.3 Å². The first kappa shape index (κ1) is 16.7. The number of urea groups is 1. The van der Waals surface area contributed by atoms with Crippen molar-refractivity contribution in [2.75, 3.05) is 16.9 Å². The monoisotopic (exact) mass is 319 g/mol. The second kappa shape index (κ2) is 7.47. The van der Waals surface area contributed by atoms with E-state index in [1.165, 1.54) is 0 Å². The predicted molar refractivity (Wildman–Crippen MR) is 80.3 cm³/mol. The van der Waals surface area contributed by atoms with E-state index in [9.17, 15) is 13.2 Å². The van der Waals surface area contributed by atoms with Crippen LogP contribution in [0.3, 0.4) is 0 Å². The van der Waals surface area contributed by atoms with Crippen LogP contribution in [0.5, 0.6) is 0 Å². The SMILES string of the molecule is CC(NS(=O)(=O)CCCCl)c1ccc(NC(N)=O)cc1. The van der Waals surface area contributed by atoms with Gasteiger partial charge in [-0.15, -0.1) is 11.6 Å². The van der Waals surface area contributed by atoms with Gasteiger partial charge in [0, 0.05) is 17.6 Å². The van der Waals surface area contributed by atoms with Crippen molar-refractivity contribution >= 4 is 33.3 Å². The number of rotatable bonds is 7. The summed E-state index contributed by atoms with van der Waals surface area (Å²) < 4.78 is 26.1. The Morgan fingerprint density at radius 3 is 2.45 bits per heavy atom. The van der Waals surface area contributed by atoms with Crippen molar-refractivity contribution in [3.63, 3.8) is 0 Å². The molecule has 0 saturated carbocycles. The normalized spacial score (nSPS) is 12.9. The molecule has 6 nitrogen and oxygen atoms in total. The Morgan fingerprint density at radius 2 is 1.95 bits per heavy atom. The zero-order valence-corrected chi connectivity index (χ0v) is 12.7. The van der Waals surface area contributed by atoms with E-state index in [2.05, 4.69) is 10.0 Å². The van der Waals surface area contributed by atoms with E-state index in [0.717, 1.165) is 5.56 Å². The molecular weight excluding hydrogens is 302 g/mol. The van der Waals surface area contributed by atoms with Crippen molar-refractivity contribution in [3.05, 3.63) is 29.8 Å². The van der Waals surface area contributed by atoms with Crippen LogP contribution in [0.4, 0.5) is 10.5 Å². The lowest BCUT2D eigenvalue weighted by atomic mass is 10.1. The average Bonchev–Trinajstić information content (AvgIpc) is 2.36. The fourth-order valence-electron chi connectivity index (χ4n) is 1.64. The molecule has 20 heavy (non-hydrogen) atoms. The fourth-order valence-corrected chi connectivity index (χ4v) is 3.25. The van der Waals surface area contributed by atoms with Gasteiger partial charge < -0.3 is 11.1 Å². The smallest absolute Gasteiger partial charge is 0.316 e. The highest BCUT2D eigenvalue weighted by Crippen LogP contribution is 2.17. The van der Waals surface area contributed by atoms with Gasteiger partial charge in [-0.05, 0) is 31.0 Å². The zero-order chi connectivity index (χ0) is 15.2. The summed E-state index contributed by atoms with van der Waals surface area (Å²) in [6, 6.07) is 5.75. The van der Waals surface area contributed by atoms with Crippen LogP contribution < -0.4 is 15.8 Å². The maximum absolute atomic E-state index is 11.7. The molecule has 0 aliphatic rings. The third-order valence-corrected chi connectivity index (χ3v) is 4.39. The number of nitrogens with one attached hydrogen (secondary N) is 2. The number of hydrogen-bond acceptors (Lipinski definition) is 3. The standard InChI is InChI=1S/C12H18ClN3O3S/c1-9(16-20(18,19)8-2-7-13)10-3-5-11(6-4-10)15-12(14)17/h3-6,9,16H,2,7-8H2,1H3,(H3,14,15,17). The lowest BCUT2D eigenvalue weighted by Crippen LogP contribution is -2.29. The molecule has 112 valence electrons. The number of amides is 2. The van der Waals surface area contributed by atoms with Crippen LogP contribution in [0, 0.1) is 0 Å². The Hall–Kier alpha value is -1.31. The number of carbonyl (C=O) groups excluding carboxylic acids is 1. The lowest BCUT2D eigenvalue weighted by Gasteiger charge is -2.15. The Balaban J connectivity index is 2.68. The highest BCUT2D eigenvalue weighted by molar-refractivity contribution is 7.89. The number of benzene rings is 1. The van der Waals surface area contributed by atoms with Crippen molar-refractivity contribution in [1.29, 1.82) is 0 Å². The Kier molecular flexibility index (Phi) is 6.25. The molecule has 8 heteroatoms. The number of primary amides is 1. The molecule has 0 fully saturated rings. The minimum absolute atomic E-state index is 0.00214. The topological polar surface area (TPSA) is 101 Å². The Morgan fingerprint density at radius 1 is 1.35 bits per heavy atom. The van der Waals surface area contributed by atoms with Gasteiger partial charge in [0.1, 0.15) is 0 Å². The van der Waals surface area contributed by atoms with Gasteiger partial charge >= 0.3 is 6.03 Å². The molecule has 0 heterocycles. The number of halogens is 1. The van der Waals surface area contributed by atoms with Crippen molar-refractivity contribution in [2.24, 2.45) is 5.73 Å². The Bertz CT molecular complexity index is 546. The van der Waals surface area contributed by atoms with Crippen LogP contribution in [0.1, 0.15) is 24.9 Å². The summed E-state index contributed by atoms with van der Waals surface area (Å²) in [5, 5.41) is 2.43. The first-order valence-corrected chi connectivity index (χ1v) is 8.25. The number of anilines is 1. The van der Waals surface area contributed by atoms with Crippen LogP contribution in [0.2, 0.25) is 0 Å². The summed E-state index contributed by atoms with van der Waals surface area (Å²) in [5.41, 5.74) is 6.34. The summed E-state index contributed by atoms with van der Waals surface area (Å²) in [5.74, 6) is 0.310. The molecule has 1 rings (SSSR count). The zero-order valence-electron chi connectivity index (χ0n) is 11.1. The molecule has 0 aromatic heterocycles. The lowest BCUT2D eigenvalue weighted by molar-refractivity contribution is 0.259. The van der Waals surface area contributed by atoms with E-state index >= 15 is 0 Å². The van der Waals surface area contributed by atoms with Crippen LogP contribution in [-0.4, -0.2) is 26.1 Å². The van der Waals surface area contributed by atoms with Crippen LogP contribution in [-0.2, 0) is 10.0 Å². The van der Waals surface area contributed by atoms with Gasteiger partial charge in [-0.25, -0.2) is 17.9 Å². The van der Waals surface area contributed by atoms with E-state index in [1.54, 1.807) is 31.2 Å². The molecule has 0 aliphatic heterocycles. The summed E-state index contributed by atoms with van der Waals surface area (Å²) in [4.78, 5) is 10.7. The van der Waals surface area contributed by atoms with E-state index in [1.807, 2.05) is 0 Å². The van der Waals surface area contributed by atoms with E-state index < -0.39 is 16.1 Å². The predicted octanol–water partition coefficient (Wildman–Crippen LogP) is 1.79. The average molecular weight is 320 g/mol. The molecule has 2 amide bonds. The molecule has 4 N–H and O–H groups in total. The summed E-state index contributed by atoms with van der Waals surface area (Å²) in [7, 11) is -3.34. The minimum atomic E-state index is -3.34. The van der Waals surface area contributed by atoms with Gasteiger partial charge in [0.15, 0.2) is 0 Å². The van der Waals surface area contributed by atoms with Gasteiger partial charge in [-0.2, -0.15) is 0 Å². The highest BCUT2D eigenvalue weighted by Gasteiger charge is 2.15.